The fourth-order valence-electron chi connectivity index (χ4n) is 3.32. The van der Waals surface area contributed by atoms with Gasteiger partial charge >= 0.3 is 0 Å². The summed E-state index contributed by atoms with van der Waals surface area (Å²) < 4.78 is 0. The second-order valence-electron chi connectivity index (χ2n) is 7.22. The first-order chi connectivity index (χ1) is 14.5. The lowest BCUT2D eigenvalue weighted by molar-refractivity contribution is 0.102. The van der Waals surface area contributed by atoms with Gasteiger partial charge in [0.1, 0.15) is 5.69 Å². The molecule has 1 heterocycles. The predicted octanol–water partition coefficient (Wildman–Crippen LogP) is 5.36. The number of nitrogens with one attached hydrogen (secondary N) is 2. The highest BCUT2D eigenvalue weighted by Gasteiger charge is 2.17. The topological polar surface area (TPSA) is 71.1 Å². The van der Waals surface area contributed by atoms with Crippen molar-refractivity contribution in [1.82, 2.24) is 4.98 Å². The first kappa shape index (κ1) is 19.3. The molecule has 5 heteroatoms. The maximum Gasteiger partial charge on any atom is 0.274 e. The third-order valence-electron chi connectivity index (χ3n) is 4.75. The summed E-state index contributed by atoms with van der Waals surface area (Å²) >= 11 is 0. The molecule has 0 unspecified atom stereocenters. The summed E-state index contributed by atoms with van der Waals surface area (Å²) in [4.78, 5) is 30.4. The molecule has 148 valence electrons. The Kier molecular flexibility index (Phi) is 5.26. The molecule has 0 spiro atoms. The molecular weight excluding hydrogens is 374 g/mol. The Morgan fingerprint density at radius 2 is 1.30 bits per heavy atom. The van der Waals surface area contributed by atoms with Crippen molar-refractivity contribution in [3.8, 4) is 0 Å². The van der Waals surface area contributed by atoms with Gasteiger partial charge in [0.05, 0.1) is 11.1 Å². The summed E-state index contributed by atoms with van der Waals surface area (Å²) in [5.41, 5.74) is 4.64. The highest BCUT2D eigenvalue weighted by Crippen LogP contribution is 2.21. The average molecular weight is 395 g/mol. The molecule has 3 aromatic carbocycles. The minimum atomic E-state index is -0.365. The number of amides is 2. The summed E-state index contributed by atoms with van der Waals surface area (Å²) in [6.07, 6.45) is 0. The highest BCUT2D eigenvalue weighted by molar-refractivity contribution is 6.14. The summed E-state index contributed by atoms with van der Waals surface area (Å²) in [5, 5.41) is 6.46. The van der Waals surface area contributed by atoms with E-state index in [4.69, 9.17) is 0 Å². The molecule has 4 aromatic rings. The molecule has 30 heavy (non-hydrogen) atoms. The van der Waals surface area contributed by atoms with Crippen LogP contribution in [0.3, 0.4) is 0 Å². The molecule has 0 aliphatic carbocycles. The lowest BCUT2D eigenvalue weighted by Gasteiger charge is -2.11. The van der Waals surface area contributed by atoms with Gasteiger partial charge < -0.3 is 10.6 Å². The number of hydrogen-bond donors (Lipinski definition) is 2. The van der Waals surface area contributed by atoms with Gasteiger partial charge in [0, 0.05) is 16.8 Å². The number of hydrogen-bond acceptors (Lipinski definition) is 3. The Labute approximate surface area is 174 Å². The second kappa shape index (κ2) is 8.17. The summed E-state index contributed by atoms with van der Waals surface area (Å²) in [6.45, 7) is 3.92. The number of anilines is 2. The predicted molar refractivity (Wildman–Crippen MR) is 120 cm³/mol. The molecule has 0 radical (unpaired) electrons. The lowest BCUT2D eigenvalue weighted by atomic mass is 10.1. The largest absolute Gasteiger partial charge is 0.322 e. The molecule has 1 aromatic heterocycles. The van der Waals surface area contributed by atoms with Gasteiger partial charge in [0.25, 0.3) is 11.8 Å². The van der Waals surface area contributed by atoms with Crippen molar-refractivity contribution < 1.29 is 9.59 Å². The van der Waals surface area contributed by atoms with E-state index in [-0.39, 0.29) is 17.5 Å². The molecule has 5 nitrogen and oxygen atoms in total. The van der Waals surface area contributed by atoms with Gasteiger partial charge in [-0.15, -0.1) is 0 Å². The second-order valence-corrected chi connectivity index (χ2v) is 7.22. The maximum atomic E-state index is 13.0. The number of aryl methyl sites for hydroxylation is 2. The van der Waals surface area contributed by atoms with E-state index >= 15 is 0 Å². The standard InChI is InChI=1S/C25H21N3O2/c1-16-7-5-9-18(13-16)26-24(29)21-15-23(28-22-12-4-3-11-20(21)22)25(30)27-19-10-6-8-17(2)14-19/h3-15H,1-2H3,(H,26,29)(H,27,30). The number of benzene rings is 3. The highest BCUT2D eigenvalue weighted by atomic mass is 16.2. The van der Waals surface area contributed by atoms with Gasteiger partial charge in [-0.1, -0.05) is 42.5 Å². The maximum absolute atomic E-state index is 13.0. The third kappa shape index (κ3) is 4.20. The van der Waals surface area contributed by atoms with Crippen LogP contribution in [0.1, 0.15) is 32.0 Å². The quantitative estimate of drug-likeness (QED) is 0.489. The minimum Gasteiger partial charge on any atom is -0.322 e. The van der Waals surface area contributed by atoms with Crippen LogP contribution in [0.4, 0.5) is 11.4 Å². The Morgan fingerprint density at radius 3 is 1.93 bits per heavy atom. The van der Waals surface area contributed by atoms with Crippen LogP contribution in [0.5, 0.6) is 0 Å². The molecule has 0 aliphatic heterocycles. The van der Waals surface area contributed by atoms with Crippen molar-refractivity contribution in [2.24, 2.45) is 0 Å². The van der Waals surface area contributed by atoms with Crippen LogP contribution in [0.2, 0.25) is 0 Å². The SMILES string of the molecule is Cc1cccc(NC(=O)c2cc(C(=O)Nc3cccc(C)c3)c3ccccc3n2)c1. The van der Waals surface area contributed by atoms with E-state index in [2.05, 4.69) is 15.6 Å². The van der Waals surface area contributed by atoms with Gasteiger partial charge in [-0.2, -0.15) is 0 Å². The number of nitrogens with zero attached hydrogens (tertiary/aromatic N) is 1. The fourth-order valence-corrected chi connectivity index (χ4v) is 3.32. The van der Waals surface area contributed by atoms with Gasteiger partial charge in [0.2, 0.25) is 0 Å². The number of carbonyl (C=O) groups is 2. The molecule has 0 atom stereocenters. The van der Waals surface area contributed by atoms with Crippen LogP contribution in [-0.4, -0.2) is 16.8 Å². The number of rotatable bonds is 4. The number of aromatic nitrogens is 1. The van der Waals surface area contributed by atoms with Crippen molar-refractivity contribution in [3.63, 3.8) is 0 Å². The van der Waals surface area contributed by atoms with Crippen LogP contribution >= 0.6 is 0 Å². The normalized spacial score (nSPS) is 10.6. The van der Waals surface area contributed by atoms with E-state index in [1.165, 1.54) is 0 Å². The van der Waals surface area contributed by atoms with Crippen molar-refractivity contribution in [3.05, 3.63) is 101 Å². The van der Waals surface area contributed by atoms with E-state index in [1.54, 1.807) is 12.1 Å². The number of para-hydroxylation sites is 1. The van der Waals surface area contributed by atoms with Crippen molar-refractivity contribution in [2.45, 2.75) is 13.8 Å². The zero-order valence-corrected chi connectivity index (χ0v) is 16.8. The molecule has 0 saturated heterocycles. The van der Waals surface area contributed by atoms with E-state index < -0.39 is 0 Å². The van der Waals surface area contributed by atoms with Crippen LogP contribution in [0.15, 0.2) is 78.9 Å². The molecule has 0 fully saturated rings. The Balaban J connectivity index is 1.70. The molecule has 2 amide bonds. The zero-order chi connectivity index (χ0) is 21.1. The van der Waals surface area contributed by atoms with Crippen LogP contribution in [0.25, 0.3) is 10.9 Å². The lowest BCUT2D eigenvalue weighted by Crippen LogP contribution is -2.18. The van der Waals surface area contributed by atoms with E-state index in [9.17, 15) is 9.59 Å². The molecule has 2 N–H and O–H groups in total. The van der Waals surface area contributed by atoms with Crippen molar-refractivity contribution in [1.29, 1.82) is 0 Å². The summed E-state index contributed by atoms with van der Waals surface area (Å²) in [5.74, 6) is -0.653. The van der Waals surface area contributed by atoms with E-state index in [0.717, 1.165) is 11.1 Å². The fraction of sp³-hybridized carbons (Fsp3) is 0.0800. The van der Waals surface area contributed by atoms with E-state index in [1.807, 2.05) is 80.6 Å². The Morgan fingerprint density at radius 1 is 0.700 bits per heavy atom. The van der Waals surface area contributed by atoms with E-state index in [0.29, 0.717) is 27.8 Å². The van der Waals surface area contributed by atoms with Crippen molar-refractivity contribution in [2.75, 3.05) is 10.6 Å². The van der Waals surface area contributed by atoms with Gasteiger partial charge in [0.15, 0.2) is 0 Å². The molecular formula is C25H21N3O2. The van der Waals surface area contributed by atoms with Crippen molar-refractivity contribution >= 4 is 34.1 Å². The van der Waals surface area contributed by atoms with Crippen LogP contribution in [0, 0.1) is 13.8 Å². The summed E-state index contributed by atoms with van der Waals surface area (Å²) in [6, 6.07) is 23.9. The molecule has 0 aliphatic rings. The number of fused-ring (bicyclic) bond motifs is 1. The van der Waals surface area contributed by atoms with Gasteiger partial charge in [-0.25, -0.2) is 4.98 Å². The monoisotopic (exact) mass is 395 g/mol. The van der Waals surface area contributed by atoms with Crippen LogP contribution in [-0.2, 0) is 0 Å². The number of carbonyl (C=O) groups excluding carboxylic acids is 2. The Bertz CT molecular complexity index is 1260. The minimum absolute atomic E-state index is 0.185. The van der Waals surface area contributed by atoms with Crippen LogP contribution < -0.4 is 10.6 Å². The molecule has 0 bridgehead atoms. The smallest absolute Gasteiger partial charge is 0.274 e. The average Bonchev–Trinajstić information content (AvgIpc) is 2.73. The molecule has 4 rings (SSSR count). The molecule has 0 saturated carbocycles. The first-order valence-electron chi connectivity index (χ1n) is 9.65. The van der Waals surface area contributed by atoms with Gasteiger partial charge in [-0.3, -0.25) is 9.59 Å². The Hall–Kier alpha value is -3.99. The zero-order valence-electron chi connectivity index (χ0n) is 16.8. The number of pyridine rings is 1. The third-order valence-corrected chi connectivity index (χ3v) is 4.75. The first-order valence-corrected chi connectivity index (χ1v) is 9.65. The van der Waals surface area contributed by atoms with Gasteiger partial charge in [-0.05, 0) is 61.4 Å². The summed E-state index contributed by atoms with van der Waals surface area (Å²) in [7, 11) is 0.